The van der Waals surface area contributed by atoms with E-state index in [1.165, 1.54) is 10.5 Å². The molecule has 2 heteroatoms. The molecule has 0 aromatic heterocycles. The minimum Gasteiger partial charge on any atom is -0.331 e. The highest BCUT2D eigenvalue weighted by atomic mass is 32.2. The molecule has 1 rings (SSSR count). The lowest BCUT2D eigenvalue weighted by Crippen LogP contribution is -1.87. The third kappa shape index (κ3) is 5.22. The molecule has 0 fully saturated rings. The zero-order chi connectivity index (χ0) is 9.40. The van der Waals surface area contributed by atoms with Crippen LogP contribution in [0.3, 0.4) is 0 Å². The van der Waals surface area contributed by atoms with Crippen molar-refractivity contribution in [2.45, 2.75) is 18.7 Å². The van der Waals surface area contributed by atoms with Crippen LogP contribution in [0.5, 0.6) is 0 Å². The highest BCUT2D eigenvalue weighted by molar-refractivity contribution is 7.98. The molecule has 0 atom stereocenters. The van der Waals surface area contributed by atoms with Crippen LogP contribution in [0.4, 0.5) is 0 Å². The second kappa shape index (κ2) is 7.19. The predicted molar refractivity (Wildman–Crippen MR) is 57.7 cm³/mol. The van der Waals surface area contributed by atoms with Gasteiger partial charge in [-0.15, -0.1) is 11.8 Å². The van der Waals surface area contributed by atoms with Crippen LogP contribution in [-0.4, -0.2) is 12.8 Å². The molecular weight excluding hydrogens is 166 g/mol. The first-order valence-electron chi connectivity index (χ1n) is 4.05. The lowest BCUT2D eigenvalue weighted by molar-refractivity contribution is 1.14. The Morgan fingerprint density at radius 2 is 2.00 bits per heavy atom. The van der Waals surface area contributed by atoms with Gasteiger partial charge in [0, 0.05) is 4.90 Å². The van der Waals surface area contributed by atoms with E-state index in [9.17, 15) is 0 Å². The lowest BCUT2D eigenvalue weighted by atomic mass is 10.2. The van der Waals surface area contributed by atoms with Gasteiger partial charge in [-0.2, -0.15) is 0 Å². The third-order valence-corrected chi connectivity index (χ3v) is 1.95. The summed E-state index contributed by atoms with van der Waals surface area (Å²) in [5.41, 5.74) is 6.18. The van der Waals surface area contributed by atoms with E-state index in [-0.39, 0.29) is 0 Å². The first kappa shape index (κ1) is 11.5. The number of benzene rings is 1. The van der Waals surface area contributed by atoms with Crippen molar-refractivity contribution >= 4 is 11.8 Å². The number of thioether (sulfide) groups is 1. The molecule has 0 saturated carbocycles. The molecule has 0 radical (unpaired) electrons. The molecule has 1 aromatic carbocycles. The van der Waals surface area contributed by atoms with E-state index in [0.29, 0.717) is 0 Å². The Morgan fingerprint density at radius 1 is 1.42 bits per heavy atom. The average molecular weight is 183 g/mol. The molecular formula is C10H17NS. The van der Waals surface area contributed by atoms with E-state index < -0.39 is 0 Å². The Hall–Kier alpha value is -0.470. The van der Waals surface area contributed by atoms with E-state index in [1.807, 2.05) is 6.92 Å². The summed E-state index contributed by atoms with van der Waals surface area (Å²) >= 11 is 1.78. The van der Waals surface area contributed by atoms with Crippen molar-refractivity contribution in [1.29, 1.82) is 0 Å². The standard InChI is InChI=1S/C8H10S.C2H7N/c1-7-4-3-5-8(6-7)9-2;1-2-3/h3-6H,1-2H3;2-3H2,1H3. The summed E-state index contributed by atoms with van der Waals surface area (Å²) in [6.45, 7) is 4.76. The molecule has 0 amide bonds. The fraction of sp³-hybridized carbons (Fsp3) is 0.400. The van der Waals surface area contributed by atoms with Crippen LogP contribution in [0.25, 0.3) is 0 Å². The minimum absolute atomic E-state index is 0.750. The smallest absolute Gasteiger partial charge is 0.00717 e. The van der Waals surface area contributed by atoms with Crippen molar-refractivity contribution in [3.05, 3.63) is 29.8 Å². The van der Waals surface area contributed by atoms with Crippen molar-refractivity contribution in [3.63, 3.8) is 0 Å². The second-order valence-corrected chi connectivity index (χ2v) is 3.31. The van der Waals surface area contributed by atoms with Crippen molar-refractivity contribution in [3.8, 4) is 0 Å². The van der Waals surface area contributed by atoms with Crippen LogP contribution in [-0.2, 0) is 0 Å². The summed E-state index contributed by atoms with van der Waals surface area (Å²) in [4.78, 5) is 1.34. The van der Waals surface area contributed by atoms with Gasteiger partial charge in [-0.25, -0.2) is 0 Å². The Balaban J connectivity index is 0.000000354. The zero-order valence-corrected chi connectivity index (χ0v) is 8.82. The first-order chi connectivity index (χ1) is 5.74. The number of rotatable bonds is 1. The van der Waals surface area contributed by atoms with Crippen molar-refractivity contribution in [2.24, 2.45) is 5.73 Å². The highest BCUT2D eigenvalue weighted by Crippen LogP contribution is 2.14. The monoisotopic (exact) mass is 183 g/mol. The Morgan fingerprint density at radius 3 is 2.33 bits per heavy atom. The topological polar surface area (TPSA) is 26.0 Å². The average Bonchev–Trinajstić information content (AvgIpc) is 2.06. The maximum Gasteiger partial charge on any atom is 0.00717 e. The largest absolute Gasteiger partial charge is 0.331 e. The SMILES string of the molecule is CCN.CSc1cccc(C)c1. The maximum atomic E-state index is 4.85. The fourth-order valence-electron chi connectivity index (χ4n) is 0.742. The van der Waals surface area contributed by atoms with Gasteiger partial charge in [-0.3, -0.25) is 0 Å². The van der Waals surface area contributed by atoms with E-state index >= 15 is 0 Å². The molecule has 0 saturated heterocycles. The van der Waals surface area contributed by atoms with E-state index in [1.54, 1.807) is 11.8 Å². The Bertz CT molecular complexity index is 211. The van der Waals surface area contributed by atoms with Gasteiger partial charge in [0.15, 0.2) is 0 Å². The molecule has 0 heterocycles. The molecule has 0 aliphatic carbocycles. The quantitative estimate of drug-likeness (QED) is 0.677. The lowest BCUT2D eigenvalue weighted by Gasteiger charge is -1.94. The molecule has 2 N–H and O–H groups in total. The Labute approximate surface area is 79.4 Å². The van der Waals surface area contributed by atoms with Crippen LogP contribution >= 0.6 is 11.8 Å². The zero-order valence-electron chi connectivity index (χ0n) is 8.00. The highest BCUT2D eigenvalue weighted by Gasteiger charge is 1.86. The summed E-state index contributed by atoms with van der Waals surface area (Å²) in [5.74, 6) is 0. The fourth-order valence-corrected chi connectivity index (χ4v) is 1.26. The van der Waals surface area contributed by atoms with Gasteiger partial charge in [0.25, 0.3) is 0 Å². The molecule has 0 unspecified atom stereocenters. The Kier molecular flexibility index (Phi) is 6.91. The van der Waals surface area contributed by atoms with Gasteiger partial charge in [0.1, 0.15) is 0 Å². The van der Waals surface area contributed by atoms with Gasteiger partial charge < -0.3 is 5.73 Å². The summed E-state index contributed by atoms with van der Waals surface area (Å²) in [7, 11) is 0. The normalized spacial score (nSPS) is 8.67. The summed E-state index contributed by atoms with van der Waals surface area (Å²) in [6.07, 6.45) is 2.09. The van der Waals surface area contributed by atoms with E-state index in [2.05, 4.69) is 37.4 Å². The van der Waals surface area contributed by atoms with Crippen molar-refractivity contribution in [2.75, 3.05) is 12.8 Å². The summed E-state index contributed by atoms with van der Waals surface area (Å²) < 4.78 is 0. The summed E-state index contributed by atoms with van der Waals surface area (Å²) in [5, 5.41) is 0. The van der Waals surface area contributed by atoms with Crippen molar-refractivity contribution in [1.82, 2.24) is 0 Å². The molecule has 0 bridgehead atoms. The van der Waals surface area contributed by atoms with Crippen LogP contribution < -0.4 is 5.73 Å². The number of aryl methyl sites for hydroxylation is 1. The van der Waals surface area contributed by atoms with Gasteiger partial charge >= 0.3 is 0 Å². The van der Waals surface area contributed by atoms with Gasteiger partial charge in [0.05, 0.1) is 0 Å². The van der Waals surface area contributed by atoms with Crippen LogP contribution in [0.2, 0.25) is 0 Å². The molecule has 68 valence electrons. The van der Waals surface area contributed by atoms with E-state index in [0.717, 1.165) is 6.54 Å². The number of nitrogens with two attached hydrogens (primary N) is 1. The van der Waals surface area contributed by atoms with E-state index in [4.69, 9.17) is 5.73 Å². The van der Waals surface area contributed by atoms with Gasteiger partial charge in [-0.1, -0.05) is 24.6 Å². The number of hydrogen-bond donors (Lipinski definition) is 1. The van der Waals surface area contributed by atoms with Crippen LogP contribution in [0, 0.1) is 6.92 Å². The maximum absolute atomic E-state index is 4.85. The van der Waals surface area contributed by atoms with Gasteiger partial charge in [0.2, 0.25) is 0 Å². The van der Waals surface area contributed by atoms with Gasteiger partial charge in [-0.05, 0) is 31.9 Å². The summed E-state index contributed by atoms with van der Waals surface area (Å²) in [6, 6.07) is 8.50. The molecule has 0 spiro atoms. The predicted octanol–water partition coefficient (Wildman–Crippen LogP) is 2.68. The molecule has 1 nitrogen and oxygen atoms in total. The minimum atomic E-state index is 0.750. The molecule has 0 aliphatic rings. The number of hydrogen-bond acceptors (Lipinski definition) is 2. The van der Waals surface area contributed by atoms with Crippen molar-refractivity contribution < 1.29 is 0 Å². The first-order valence-corrected chi connectivity index (χ1v) is 5.27. The molecule has 0 aliphatic heterocycles. The van der Waals surface area contributed by atoms with Crippen LogP contribution in [0.15, 0.2) is 29.2 Å². The molecule has 12 heavy (non-hydrogen) atoms. The van der Waals surface area contributed by atoms with Crippen LogP contribution in [0.1, 0.15) is 12.5 Å². The third-order valence-electron chi connectivity index (χ3n) is 1.23. The molecule has 1 aromatic rings. The second-order valence-electron chi connectivity index (χ2n) is 2.43.